The fraction of sp³-hybridized carbons (Fsp3) is 0.278. The predicted octanol–water partition coefficient (Wildman–Crippen LogP) is 4.32. The molecule has 0 aromatic heterocycles. The van der Waals surface area contributed by atoms with E-state index in [0.29, 0.717) is 27.4 Å². The smallest absolute Gasteiger partial charge is 0.338 e. The Balaban J connectivity index is 2.24. The van der Waals surface area contributed by atoms with E-state index in [2.05, 4.69) is 4.72 Å². The van der Waals surface area contributed by atoms with E-state index in [9.17, 15) is 13.2 Å². The molecule has 1 N–H and O–H groups in total. The van der Waals surface area contributed by atoms with Crippen molar-refractivity contribution in [1.29, 1.82) is 0 Å². The van der Waals surface area contributed by atoms with Gasteiger partial charge in [0.1, 0.15) is 0 Å². The van der Waals surface area contributed by atoms with Gasteiger partial charge in [0, 0.05) is 10.7 Å². The van der Waals surface area contributed by atoms with Crippen LogP contribution in [0.25, 0.3) is 0 Å². The largest absolute Gasteiger partial charge is 0.459 e. The molecule has 0 bridgehead atoms. The summed E-state index contributed by atoms with van der Waals surface area (Å²) in [5, 5.41) is 0.518. The number of hydrogen-bond donors (Lipinski definition) is 1. The number of carbonyl (C=O) groups excluding carboxylic acids is 1. The van der Waals surface area contributed by atoms with Crippen LogP contribution in [0.15, 0.2) is 41.3 Å². The molecule has 2 aromatic rings. The molecule has 0 aliphatic carbocycles. The van der Waals surface area contributed by atoms with Crippen molar-refractivity contribution in [2.24, 2.45) is 0 Å². The van der Waals surface area contributed by atoms with Gasteiger partial charge < -0.3 is 4.74 Å². The number of halogens is 1. The zero-order valence-corrected chi connectivity index (χ0v) is 16.0. The number of benzene rings is 2. The van der Waals surface area contributed by atoms with Crippen LogP contribution >= 0.6 is 11.6 Å². The molecular formula is C18H20ClNO4S. The van der Waals surface area contributed by atoms with Crippen LogP contribution in [0.4, 0.5) is 5.69 Å². The van der Waals surface area contributed by atoms with E-state index in [4.69, 9.17) is 16.3 Å². The van der Waals surface area contributed by atoms with Crippen molar-refractivity contribution in [3.63, 3.8) is 0 Å². The van der Waals surface area contributed by atoms with Gasteiger partial charge in [-0.1, -0.05) is 11.6 Å². The number of sulfonamides is 1. The number of ether oxygens (including phenoxy) is 1. The molecule has 25 heavy (non-hydrogen) atoms. The van der Waals surface area contributed by atoms with Crippen LogP contribution in [-0.2, 0) is 14.8 Å². The van der Waals surface area contributed by atoms with Crippen LogP contribution in [0.5, 0.6) is 0 Å². The fourth-order valence-electron chi connectivity index (χ4n) is 2.21. The van der Waals surface area contributed by atoms with E-state index < -0.39 is 16.0 Å². The number of nitrogens with one attached hydrogen (secondary N) is 1. The van der Waals surface area contributed by atoms with Crippen LogP contribution < -0.4 is 4.72 Å². The average molecular weight is 382 g/mol. The summed E-state index contributed by atoms with van der Waals surface area (Å²) in [7, 11) is -3.76. The Labute approximate surface area is 153 Å². The summed E-state index contributed by atoms with van der Waals surface area (Å²) in [6.45, 7) is 6.95. The maximum Gasteiger partial charge on any atom is 0.338 e. The molecule has 0 saturated heterocycles. The summed E-state index contributed by atoms with van der Waals surface area (Å²) < 4.78 is 32.8. The van der Waals surface area contributed by atoms with Crippen molar-refractivity contribution in [2.45, 2.75) is 38.7 Å². The molecule has 2 rings (SSSR count). The molecule has 0 saturated carbocycles. The van der Waals surface area contributed by atoms with Crippen molar-refractivity contribution in [3.8, 4) is 0 Å². The Morgan fingerprint density at radius 2 is 1.68 bits per heavy atom. The minimum Gasteiger partial charge on any atom is -0.459 e. The lowest BCUT2D eigenvalue weighted by atomic mass is 10.2. The normalized spacial score (nSPS) is 11.4. The first-order valence-electron chi connectivity index (χ1n) is 7.71. The topological polar surface area (TPSA) is 72.5 Å². The van der Waals surface area contributed by atoms with E-state index in [1.807, 2.05) is 0 Å². The SMILES string of the molecule is Cc1cc(S(=O)(=O)Nc2ccc(C(=O)OC(C)C)cc2)c(C)cc1Cl. The second-order valence-corrected chi connectivity index (χ2v) is 8.06. The van der Waals surface area contributed by atoms with Gasteiger partial charge in [-0.05, 0) is 75.2 Å². The maximum absolute atomic E-state index is 12.6. The van der Waals surface area contributed by atoms with E-state index in [1.54, 1.807) is 33.8 Å². The lowest BCUT2D eigenvalue weighted by Crippen LogP contribution is -2.15. The molecule has 7 heteroatoms. The molecule has 0 amide bonds. The van der Waals surface area contributed by atoms with Gasteiger partial charge in [-0.25, -0.2) is 13.2 Å². The van der Waals surface area contributed by atoms with Crippen LogP contribution in [-0.4, -0.2) is 20.5 Å². The van der Waals surface area contributed by atoms with Gasteiger partial charge in [0.25, 0.3) is 10.0 Å². The van der Waals surface area contributed by atoms with Crippen molar-refractivity contribution < 1.29 is 17.9 Å². The number of carbonyl (C=O) groups is 1. The third-order valence-corrected chi connectivity index (χ3v) is 5.39. The van der Waals surface area contributed by atoms with Crippen LogP contribution in [0, 0.1) is 13.8 Å². The number of esters is 1. The van der Waals surface area contributed by atoms with Gasteiger partial charge in [0.2, 0.25) is 0 Å². The summed E-state index contributed by atoms with van der Waals surface area (Å²) in [5.41, 5.74) is 1.95. The quantitative estimate of drug-likeness (QED) is 0.782. The van der Waals surface area contributed by atoms with Crippen molar-refractivity contribution in [1.82, 2.24) is 0 Å². The standard InChI is InChI=1S/C18H20ClNO4S/c1-11(2)24-18(21)14-5-7-15(8-6-14)20-25(22,23)17-10-12(3)16(19)9-13(17)4/h5-11,20H,1-4H3. The average Bonchev–Trinajstić information content (AvgIpc) is 2.50. The monoisotopic (exact) mass is 381 g/mol. The molecule has 5 nitrogen and oxygen atoms in total. The minimum absolute atomic E-state index is 0.165. The molecule has 2 aromatic carbocycles. The van der Waals surface area contributed by atoms with E-state index >= 15 is 0 Å². The van der Waals surface area contributed by atoms with Gasteiger partial charge in [0.15, 0.2) is 0 Å². The van der Waals surface area contributed by atoms with E-state index in [-0.39, 0.29) is 11.0 Å². The minimum atomic E-state index is -3.76. The summed E-state index contributed by atoms with van der Waals surface area (Å²) in [4.78, 5) is 12.0. The van der Waals surface area contributed by atoms with Crippen LogP contribution in [0.3, 0.4) is 0 Å². The van der Waals surface area contributed by atoms with E-state index in [0.717, 1.165) is 0 Å². The van der Waals surface area contributed by atoms with Gasteiger partial charge in [0.05, 0.1) is 16.6 Å². The van der Waals surface area contributed by atoms with Gasteiger partial charge in [-0.15, -0.1) is 0 Å². The Hall–Kier alpha value is -2.05. The summed E-state index contributed by atoms with van der Waals surface area (Å²) in [5.74, 6) is -0.450. The summed E-state index contributed by atoms with van der Waals surface area (Å²) in [6.07, 6.45) is -0.221. The van der Waals surface area contributed by atoms with E-state index in [1.165, 1.54) is 30.3 Å². The van der Waals surface area contributed by atoms with Crippen molar-refractivity contribution in [2.75, 3.05) is 4.72 Å². The second-order valence-electron chi connectivity index (χ2n) is 6.00. The third-order valence-electron chi connectivity index (χ3n) is 3.46. The Morgan fingerprint density at radius 3 is 2.24 bits per heavy atom. The molecule has 0 heterocycles. The lowest BCUT2D eigenvalue weighted by molar-refractivity contribution is 0.0378. The number of rotatable bonds is 5. The van der Waals surface area contributed by atoms with Crippen LogP contribution in [0.1, 0.15) is 35.3 Å². The molecule has 0 aliphatic rings. The fourth-order valence-corrected chi connectivity index (χ4v) is 3.80. The Morgan fingerprint density at radius 1 is 1.08 bits per heavy atom. The predicted molar refractivity (Wildman–Crippen MR) is 98.7 cm³/mol. The zero-order valence-electron chi connectivity index (χ0n) is 14.5. The first-order valence-corrected chi connectivity index (χ1v) is 9.57. The first-order chi connectivity index (χ1) is 11.6. The highest BCUT2D eigenvalue weighted by Crippen LogP contribution is 2.25. The van der Waals surface area contributed by atoms with Crippen molar-refractivity contribution >= 4 is 33.3 Å². The van der Waals surface area contributed by atoms with Gasteiger partial charge >= 0.3 is 5.97 Å². The highest BCUT2D eigenvalue weighted by molar-refractivity contribution is 7.92. The molecule has 134 valence electrons. The van der Waals surface area contributed by atoms with Gasteiger partial charge in [-0.3, -0.25) is 4.72 Å². The number of aryl methyl sites for hydroxylation is 2. The van der Waals surface area contributed by atoms with Crippen molar-refractivity contribution in [3.05, 3.63) is 58.1 Å². The molecule has 0 spiro atoms. The molecule has 0 aliphatic heterocycles. The highest BCUT2D eigenvalue weighted by Gasteiger charge is 2.19. The maximum atomic E-state index is 12.6. The first kappa shape index (κ1) is 19.3. The summed E-state index contributed by atoms with van der Waals surface area (Å²) in [6, 6.07) is 9.23. The molecule has 0 fully saturated rings. The highest BCUT2D eigenvalue weighted by atomic mass is 35.5. The summed E-state index contributed by atoms with van der Waals surface area (Å²) >= 11 is 6.02. The molecular weight excluding hydrogens is 362 g/mol. The Bertz CT molecular complexity index is 890. The molecule has 0 radical (unpaired) electrons. The Kier molecular flexibility index (Phi) is 5.75. The third kappa shape index (κ3) is 4.74. The molecule has 0 atom stereocenters. The van der Waals surface area contributed by atoms with Gasteiger partial charge in [-0.2, -0.15) is 0 Å². The number of anilines is 1. The van der Waals surface area contributed by atoms with Crippen LogP contribution in [0.2, 0.25) is 5.02 Å². The molecule has 0 unspecified atom stereocenters. The second kappa shape index (κ2) is 7.45. The number of hydrogen-bond acceptors (Lipinski definition) is 4. The zero-order chi connectivity index (χ0) is 18.8. The lowest BCUT2D eigenvalue weighted by Gasteiger charge is -2.13.